The van der Waals surface area contributed by atoms with Crippen LogP contribution in [0.2, 0.25) is 5.15 Å². The number of rotatable bonds is 5. The van der Waals surface area contributed by atoms with E-state index >= 15 is 0 Å². The van der Waals surface area contributed by atoms with Crippen LogP contribution in [-0.2, 0) is 4.79 Å². The zero-order chi connectivity index (χ0) is 12.0. The van der Waals surface area contributed by atoms with Gasteiger partial charge in [0, 0.05) is 17.9 Å². The van der Waals surface area contributed by atoms with E-state index < -0.39 is 0 Å². The SMILES string of the molecule is Cc1cnc(Cl)c(NC(=O)CCCCBr)c1. The summed E-state index contributed by atoms with van der Waals surface area (Å²) in [5.74, 6) is -0.0183. The molecule has 0 radical (unpaired) electrons. The number of alkyl halides is 1. The van der Waals surface area contributed by atoms with Gasteiger partial charge < -0.3 is 5.32 Å². The predicted octanol–water partition coefficient (Wildman–Crippen LogP) is 3.55. The number of unbranched alkanes of at least 4 members (excludes halogenated alkanes) is 1. The van der Waals surface area contributed by atoms with Crippen LogP contribution in [0.4, 0.5) is 5.69 Å². The lowest BCUT2D eigenvalue weighted by atomic mass is 10.2. The van der Waals surface area contributed by atoms with E-state index in [0.717, 1.165) is 23.7 Å². The summed E-state index contributed by atoms with van der Waals surface area (Å²) < 4.78 is 0. The summed E-state index contributed by atoms with van der Waals surface area (Å²) in [5.41, 5.74) is 1.56. The Morgan fingerprint density at radius 1 is 1.56 bits per heavy atom. The molecule has 0 saturated carbocycles. The summed E-state index contributed by atoms with van der Waals surface area (Å²) in [4.78, 5) is 15.5. The lowest BCUT2D eigenvalue weighted by Gasteiger charge is -2.06. The molecule has 0 spiro atoms. The van der Waals surface area contributed by atoms with Gasteiger partial charge in [-0.3, -0.25) is 4.79 Å². The van der Waals surface area contributed by atoms with E-state index in [0.29, 0.717) is 17.3 Å². The number of nitrogens with zero attached hydrogens (tertiary/aromatic N) is 1. The molecule has 0 aliphatic heterocycles. The number of pyridine rings is 1. The average Bonchev–Trinajstić information content (AvgIpc) is 2.24. The third-order valence-electron chi connectivity index (χ3n) is 2.04. The molecule has 0 aromatic carbocycles. The molecular weight excluding hydrogens is 291 g/mol. The molecule has 0 bridgehead atoms. The molecule has 0 unspecified atom stereocenters. The highest BCUT2D eigenvalue weighted by molar-refractivity contribution is 9.09. The van der Waals surface area contributed by atoms with Gasteiger partial charge in [0.15, 0.2) is 5.15 Å². The highest BCUT2D eigenvalue weighted by Crippen LogP contribution is 2.20. The van der Waals surface area contributed by atoms with Crippen molar-refractivity contribution in [2.24, 2.45) is 0 Å². The summed E-state index contributed by atoms with van der Waals surface area (Å²) >= 11 is 9.19. The third kappa shape index (κ3) is 4.49. The van der Waals surface area contributed by atoms with Gasteiger partial charge in [-0.1, -0.05) is 27.5 Å². The molecule has 3 nitrogen and oxygen atoms in total. The van der Waals surface area contributed by atoms with Gasteiger partial charge in [-0.15, -0.1) is 0 Å². The van der Waals surface area contributed by atoms with Crippen LogP contribution < -0.4 is 5.32 Å². The van der Waals surface area contributed by atoms with Gasteiger partial charge >= 0.3 is 0 Å². The Hall–Kier alpha value is -0.610. The molecule has 5 heteroatoms. The fourth-order valence-corrected chi connectivity index (χ4v) is 1.78. The number of hydrogen-bond donors (Lipinski definition) is 1. The number of anilines is 1. The molecule has 1 heterocycles. The quantitative estimate of drug-likeness (QED) is 0.513. The molecule has 0 aliphatic rings. The van der Waals surface area contributed by atoms with Crippen LogP contribution in [0, 0.1) is 6.92 Å². The predicted molar refractivity (Wildman–Crippen MR) is 70.3 cm³/mol. The van der Waals surface area contributed by atoms with Crippen molar-refractivity contribution in [3.63, 3.8) is 0 Å². The second kappa shape index (κ2) is 6.86. The number of halogens is 2. The number of nitrogens with one attached hydrogen (secondary N) is 1. The molecule has 1 aromatic heterocycles. The number of aromatic nitrogens is 1. The zero-order valence-electron chi connectivity index (χ0n) is 9.09. The zero-order valence-corrected chi connectivity index (χ0v) is 11.4. The second-order valence-electron chi connectivity index (χ2n) is 3.55. The van der Waals surface area contributed by atoms with Gasteiger partial charge in [-0.2, -0.15) is 0 Å². The molecule has 0 atom stereocenters. The standard InChI is InChI=1S/C11H14BrClN2O/c1-8-6-9(11(13)14-7-8)15-10(16)4-2-3-5-12/h6-7H,2-5H2,1H3,(H,15,16). The van der Waals surface area contributed by atoms with Crippen molar-refractivity contribution in [2.45, 2.75) is 26.2 Å². The van der Waals surface area contributed by atoms with Gasteiger partial charge in [0.1, 0.15) is 0 Å². The maximum absolute atomic E-state index is 11.5. The van der Waals surface area contributed by atoms with Gasteiger partial charge in [0.25, 0.3) is 0 Å². The Labute approximate surface area is 109 Å². The van der Waals surface area contributed by atoms with Crippen LogP contribution in [-0.4, -0.2) is 16.2 Å². The lowest BCUT2D eigenvalue weighted by molar-refractivity contribution is -0.116. The molecule has 1 rings (SSSR count). The van der Waals surface area contributed by atoms with Gasteiger partial charge in [0.2, 0.25) is 5.91 Å². The molecule has 1 aromatic rings. The Morgan fingerprint density at radius 3 is 3.00 bits per heavy atom. The highest BCUT2D eigenvalue weighted by Gasteiger charge is 2.06. The number of amides is 1. The van der Waals surface area contributed by atoms with Crippen LogP contribution >= 0.6 is 27.5 Å². The minimum atomic E-state index is -0.0183. The van der Waals surface area contributed by atoms with Gasteiger partial charge in [-0.25, -0.2) is 4.98 Å². The molecule has 16 heavy (non-hydrogen) atoms. The summed E-state index contributed by atoms with van der Waals surface area (Å²) in [7, 11) is 0. The first kappa shape index (κ1) is 13.5. The summed E-state index contributed by atoms with van der Waals surface area (Å²) in [6.07, 6.45) is 4.04. The van der Waals surface area contributed by atoms with Crippen molar-refractivity contribution in [1.29, 1.82) is 0 Å². The average molecular weight is 306 g/mol. The van der Waals surface area contributed by atoms with Crippen molar-refractivity contribution in [3.8, 4) is 0 Å². The first-order valence-corrected chi connectivity index (χ1v) is 6.61. The Morgan fingerprint density at radius 2 is 2.31 bits per heavy atom. The van der Waals surface area contributed by atoms with Crippen LogP contribution in [0.25, 0.3) is 0 Å². The number of aryl methyl sites for hydroxylation is 1. The summed E-state index contributed by atoms with van der Waals surface area (Å²) in [6, 6.07) is 1.82. The first-order chi connectivity index (χ1) is 7.63. The van der Waals surface area contributed by atoms with E-state index in [9.17, 15) is 4.79 Å². The van der Waals surface area contributed by atoms with Crippen LogP contribution in [0.3, 0.4) is 0 Å². The van der Waals surface area contributed by atoms with E-state index in [2.05, 4.69) is 26.2 Å². The molecule has 88 valence electrons. The molecule has 0 saturated heterocycles. The Balaban J connectivity index is 2.52. The summed E-state index contributed by atoms with van der Waals surface area (Å²) in [6.45, 7) is 1.91. The van der Waals surface area contributed by atoms with Crippen LogP contribution in [0.15, 0.2) is 12.3 Å². The van der Waals surface area contributed by atoms with Crippen molar-refractivity contribution in [2.75, 3.05) is 10.6 Å². The highest BCUT2D eigenvalue weighted by atomic mass is 79.9. The normalized spacial score (nSPS) is 10.2. The van der Waals surface area contributed by atoms with E-state index in [1.165, 1.54) is 0 Å². The molecule has 1 N–H and O–H groups in total. The number of carbonyl (C=O) groups excluding carboxylic acids is 1. The largest absolute Gasteiger partial charge is 0.323 e. The van der Waals surface area contributed by atoms with Gasteiger partial charge in [0.05, 0.1) is 5.69 Å². The monoisotopic (exact) mass is 304 g/mol. The van der Waals surface area contributed by atoms with Crippen molar-refractivity contribution < 1.29 is 4.79 Å². The van der Waals surface area contributed by atoms with Crippen molar-refractivity contribution in [1.82, 2.24) is 4.98 Å². The van der Waals surface area contributed by atoms with E-state index in [1.807, 2.05) is 13.0 Å². The minimum absolute atomic E-state index is 0.0183. The molecular formula is C11H14BrClN2O. The summed E-state index contributed by atoms with van der Waals surface area (Å²) in [5, 5.41) is 4.02. The number of carbonyl (C=O) groups is 1. The molecule has 0 aliphatic carbocycles. The van der Waals surface area contributed by atoms with Crippen molar-refractivity contribution in [3.05, 3.63) is 23.0 Å². The van der Waals surface area contributed by atoms with Crippen LogP contribution in [0.1, 0.15) is 24.8 Å². The molecule has 1 amide bonds. The molecule has 0 fully saturated rings. The van der Waals surface area contributed by atoms with Crippen molar-refractivity contribution >= 4 is 39.1 Å². The maximum atomic E-state index is 11.5. The first-order valence-electron chi connectivity index (χ1n) is 5.11. The lowest BCUT2D eigenvalue weighted by Crippen LogP contribution is -2.12. The van der Waals surface area contributed by atoms with Crippen LogP contribution in [0.5, 0.6) is 0 Å². The Bertz CT molecular complexity index is 371. The Kier molecular flexibility index (Phi) is 5.77. The van der Waals surface area contributed by atoms with Gasteiger partial charge in [-0.05, 0) is 31.4 Å². The maximum Gasteiger partial charge on any atom is 0.224 e. The smallest absolute Gasteiger partial charge is 0.224 e. The van der Waals surface area contributed by atoms with E-state index in [1.54, 1.807) is 6.20 Å². The third-order valence-corrected chi connectivity index (χ3v) is 2.90. The fraction of sp³-hybridized carbons (Fsp3) is 0.455. The topological polar surface area (TPSA) is 42.0 Å². The second-order valence-corrected chi connectivity index (χ2v) is 4.70. The minimum Gasteiger partial charge on any atom is -0.323 e. The van der Waals surface area contributed by atoms with E-state index in [4.69, 9.17) is 11.6 Å². The number of hydrogen-bond acceptors (Lipinski definition) is 2. The fourth-order valence-electron chi connectivity index (χ4n) is 1.23. The van der Waals surface area contributed by atoms with E-state index in [-0.39, 0.29) is 5.91 Å².